The van der Waals surface area contributed by atoms with E-state index in [0.29, 0.717) is 0 Å². The summed E-state index contributed by atoms with van der Waals surface area (Å²) in [5.74, 6) is -1.80. The van der Waals surface area contributed by atoms with E-state index >= 15 is 0 Å². The molecule has 94 valence electrons. The Morgan fingerprint density at radius 1 is 1.31 bits per heavy atom. The number of nitrogens with two attached hydrogens (primary N) is 1. The lowest BCUT2D eigenvalue weighted by Crippen LogP contribution is -2.36. The lowest BCUT2D eigenvalue weighted by Gasteiger charge is -2.29. The zero-order valence-corrected chi connectivity index (χ0v) is 9.09. The summed E-state index contributed by atoms with van der Waals surface area (Å²) in [6.07, 6.45) is -3.94. The Morgan fingerprint density at radius 2 is 1.81 bits per heavy atom. The Bertz CT molecular complexity index is 245. The lowest BCUT2D eigenvalue weighted by atomic mass is 9.87. The average Bonchev–Trinajstić information content (AvgIpc) is 2.17. The number of alkyl halides is 3. The van der Waals surface area contributed by atoms with E-state index in [9.17, 15) is 18.0 Å². The number of rotatable bonds is 2. The van der Waals surface area contributed by atoms with E-state index in [1.165, 1.54) is 6.92 Å². The van der Waals surface area contributed by atoms with Crippen LogP contribution in [0, 0.1) is 5.92 Å². The van der Waals surface area contributed by atoms with Gasteiger partial charge in [0.2, 0.25) is 0 Å². The van der Waals surface area contributed by atoms with Crippen LogP contribution in [-0.2, 0) is 9.53 Å². The number of carbonyl (C=O) groups is 1. The molecule has 2 N–H and O–H groups in total. The van der Waals surface area contributed by atoms with Crippen molar-refractivity contribution in [1.29, 1.82) is 0 Å². The lowest BCUT2D eigenvalue weighted by molar-refractivity contribution is -0.188. The molecule has 0 heterocycles. The van der Waals surface area contributed by atoms with Gasteiger partial charge in [0, 0.05) is 0 Å². The fraction of sp³-hybridized carbons (Fsp3) is 0.900. The van der Waals surface area contributed by atoms with E-state index in [-0.39, 0.29) is 25.7 Å². The van der Waals surface area contributed by atoms with Gasteiger partial charge in [0.15, 0.2) is 0 Å². The fourth-order valence-electron chi connectivity index (χ4n) is 1.78. The highest BCUT2D eigenvalue weighted by atomic mass is 19.4. The minimum absolute atomic E-state index is 0.0282. The minimum Gasteiger partial charge on any atom is -0.461 e. The van der Waals surface area contributed by atoms with Gasteiger partial charge in [-0.1, -0.05) is 0 Å². The Morgan fingerprint density at radius 3 is 2.19 bits per heavy atom. The first-order chi connectivity index (χ1) is 7.30. The van der Waals surface area contributed by atoms with E-state index < -0.39 is 30.2 Å². The van der Waals surface area contributed by atoms with E-state index in [4.69, 9.17) is 10.5 Å². The number of ether oxygens (including phenoxy) is 1. The van der Waals surface area contributed by atoms with E-state index in [1.54, 1.807) is 0 Å². The fourth-order valence-corrected chi connectivity index (χ4v) is 1.78. The van der Waals surface area contributed by atoms with Crippen molar-refractivity contribution >= 4 is 5.97 Å². The molecule has 0 aliphatic heterocycles. The minimum atomic E-state index is -4.13. The molecule has 0 bridgehead atoms. The van der Waals surface area contributed by atoms with Gasteiger partial charge in [0.1, 0.15) is 12.1 Å². The SMILES string of the molecule is C[C@@H](N)C(=O)OC1CCC(C(F)(F)F)CC1. The van der Waals surface area contributed by atoms with E-state index in [2.05, 4.69) is 0 Å². The largest absolute Gasteiger partial charge is 0.461 e. The maximum absolute atomic E-state index is 12.3. The van der Waals surface area contributed by atoms with Gasteiger partial charge >= 0.3 is 12.1 Å². The monoisotopic (exact) mass is 239 g/mol. The smallest absolute Gasteiger partial charge is 0.391 e. The maximum Gasteiger partial charge on any atom is 0.391 e. The molecule has 16 heavy (non-hydrogen) atoms. The first-order valence-corrected chi connectivity index (χ1v) is 5.33. The molecule has 0 aromatic heterocycles. The first-order valence-electron chi connectivity index (χ1n) is 5.33. The number of hydrogen-bond donors (Lipinski definition) is 1. The summed E-state index contributed by atoms with van der Waals surface area (Å²) in [7, 11) is 0. The molecule has 3 nitrogen and oxygen atoms in total. The Balaban J connectivity index is 2.35. The van der Waals surface area contributed by atoms with Gasteiger partial charge in [0.05, 0.1) is 5.92 Å². The molecule has 1 atom stereocenters. The molecule has 0 aromatic carbocycles. The topological polar surface area (TPSA) is 52.3 Å². The molecular formula is C10H16F3NO2. The van der Waals surface area contributed by atoms with Crippen molar-refractivity contribution in [2.45, 2.75) is 50.9 Å². The second kappa shape index (κ2) is 5.03. The molecule has 0 radical (unpaired) electrons. The van der Waals surface area contributed by atoms with Crippen molar-refractivity contribution < 1.29 is 22.7 Å². The molecule has 0 amide bonds. The van der Waals surface area contributed by atoms with Gasteiger partial charge in [-0.3, -0.25) is 4.79 Å². The molecule has 0 aromatic rings. The molecule has 0 spiro atoms. The van der Waals surface area contributed by atoms with Crippen LogP contribution >= 0.6 is 0 Å². The zero-order valence-electron chi connectivity index (χ0n) is 9.09. The summed E-state index contributed by atoms with van der Waals surface area (Å²) < 4.78 is 42.0. The summed E-state index contributed by atoms with van der Waals surface area (Å²) in [5.41, 5.74) is 5.30. The molecule has 1 aliphatic carbocycles. The van der Waals surface area contributed by atoms with Gasteiger partial charge in [-0.05, 0) is 32.6 Å². The molecule has 0 saturated heterocycles. The summed E-state index contributed by atoms with van der Waals surface area (Å²) in [4.78, 5) is 11.1. The molecule has 1 aliphatic rings. The highest BCUT2D eigenvalue weighted by molar-refractivity contribution is 5.75. The summed E-state index contributed by atoms with van der Waals surface area (Å²) in [5, 5.41) is 0. The van der Waals surface area contributed by atoms with Crippen LogP contribution < -0.4 is 5.73 Å². The average molecular weight is 239 g/mol. The Labute approximate surface area is 92.1 Å². The third kappa shape index (κ3) is 3.66. The third-order valence-corrected chi connectivity index (χ3v) is 2.79. The van der Waals surface area contributed by atoms with Crippen LogP contribution in [0.2, 0.25) is 0 Å². The van der Waals surface area contributed by atoms with Crippen LogP contribution in [0.5, 0.6) is 0 Å². The van der Waals surface area contributed by atoms with Gasteiger partial charge in [-0.25, -0.2) is 0 Å². The van der Waals surface area contributed by atoms with Crippen molar-refractivity contribution in [3.63, 3.8) is 0 Å². The van der Waals surface area contributed by atoms with Crippen LogP contribution in [0.3, 0.4) is 0 Å². The van der Waals surface area contributed by atoms with Crippen molar-refractivity contribution in [1.82, 2.24) is 0 Å². The molecular weight excluding hydrogens is 223 g/mol. The summed E-state index contributed by atoms with van der Waals surface area (Å²) in [6.45, 7) is 1.49. The molecule has 1 fully saturated rings. The van der Waals surface area contributed by atoms with Crippen LogP contribution in [-0.4, -0.2) is 24.3 Å². The third-order valence-electron chi connectivity index (χ3n) is 2.79. The van der Waals surface area contributed by atoms with Crippen LogP contribution in [0.1, 0.15) is 32.6 Å². The van der Waals surface area contributed by atoms with Gasteiger partial charge in [-0.15, -0.1) is 0 Å². The molecule has 1 saturated carbocycles. The van der Waals surface area contributed by atoms with Crippen molar-refractivity contribution in [2.75, 3.05) is 0 Å². The van der Waals surface area contributed by atoms with Gasteiger partial charge < -0.3 is 10.5 Å². The van der Waals surface area contributed by atoms with Crippen molar-refractivity contribution in [3.05, 3.63) is 0 Å². The first kappa shape index (κ1) is 13.3. The maximum atomic E-state index is 12.3. The highest BCUT2D eigenvalue weighted by Gasteiger charge is 2.42. The highest BCUT2D eigenvalue weighted by Crippen LogP contribution is 2.38. The normalized spacial score (nSPS) is 28.6. The number of halogens is 3. The van der Waals surface area contributed by atoms with Gasteiger partial charge in [0.25, 0.3) is 0 Å². The molecule has 1 rings (SSSR count). The molecule has 6 heteroatoms. The second-order valence-electron chi connectivity index (χ2n) is 4.24. The predicted molar refractivity (Wildman–Crippen MR) is 51.5 cm³/mol. The molecule has 0 unspecified atom stereocenters. The number of esters is 1. The van der Waals surface area contributed by atoms with Crippen molar-refractivity contribution in [3.8, 4) is 0 Å². The second-order valence-corrected chi connectivity index (χ2v) is 4.24. The Kier molecular flexibility index (Phi) is 4.18. The van der Waals surface area contributed by atoms with Crippen LogP contribution in [0.25, 0.3) is 0 Å². The quantitative estimate of drug-likeness (QED) is 0.750. The van der Waals surface area contributed by atoms with Gasteiger partial charge in [-0.2, -0.15) is 13.2 Å². The van der Waals surface area contributed by atoms with E-state index in [0.717, 1.165) is 0 Å². The Hall–Kier alpha value is -0.780. The van der Waals surface area contributed by atoms with Crippen LogP contribution in [0.4, 0.5) is 13.2 Å². The van der Waals surface area contributed by atoms with E-state index in [1.807, 2.05) is 0 Å². The van der Waals surface area contributed by atoms with Crippen molar-refractivity contribution in [2.24, 2.45) is 11.7 Å². The van der Waals surface area contributed by atoms with Crippen LogP contribution in [0.15, 0.2) is 0 Å². The number of hydrogen-bond acceptors (Lipinski definition) is 3. The zero-order chi connectivity index (χ0) is 12.3. The summed E-state index contributed by atoms with van der Waals surface area (Å²) >= 11 is 0. The number of carbonyl (C=O) groups excluding carboxylic acids is 1. The standard InChI is InChI=1S/C10H16F3NO2/c1-6(14)9(15)16-8-4-2-7(3-5-8)10(11,12)13/h6-8H,2-5,14H2,1H3/t6-,7?,8?/m1/s1. The summed E-state index contributed by atoms with van der Waals surface area (Å²) in [6, 6.07) is -0.722. The predicted octanol–water partition coefficient (Wildman–Crippen LogP) is 2.00.